The molecule has 0 bridgehead atoms. The molecular formula is C15H30N2O. The largest absolute Gasteiger partial charge is 0.383 e. The van der Waals surface area contributed by atoms with Crippen LogP contribution in [0.15, 0.2) is 0 Å². The summed E-state index contributed by atoms with van der Waals surface area (Å²) in [6.45, 7) is 8.01. The first-order valence-electron chi connectivity index (χ1n) is 7.72. The van der Waals surface area contributed by atoms with E-state index in [1.165, 1.54) is 45.2 Å². The van der Waals surface area contributed by atoms with E-state index in [-0.39, 0.29) is 0 Å². The third kappa shape index (κ3) is 3.25. The van der Waals surface area contributed by atoms with Gasteiger partial charge in [0.2, 0.25) is 0 Å². The van der Waals surface area contributed by atoms with Gasteiger partial charge in [0.15, 0.2) is 0 Å². The number of piperidine rings is 1. The van der Waals surface area contributed by atoms with E-state index in [1.54, 1.807) is 0 Å². The minimum Gasteiger partial charge on any atom is -0.383 e. The molecule has 0 aromatic heterocycles. The van der Waals surface area contributed by atoms with Crippen LogP contribution < -0.4 is 5.32 Å². The second-order valence-electron chi connectivity index (χ2n) is 6.27. The van der Waals surface area contributed by atoms with Crippen molar-refractivity contribution in [1.29, 1.82) is 0 Å². The number of hydrogen-bond acceptors (Lipinski definition) is 3. The molecule has 3 heteroatoms. The van der Waals surface area contributed by atoms with Crippen molar-refractivity contribution in [3.8, 4) is 0 Å². The summed E-state index contributed by atoms with van der Waals surface area (Å²) in [4.78, 5) is 2.75. The highest BCUT2D eigenvalue weighted by Crippen LogP contribution is 2.28. The lowest BCUT2D eigenvalue weighted by Gasteiger charge is -2.45. The molecule has 106 valence electrons. The van der Waals surface area contributed by atoms with Crippen LogP contribution in [0.25, 0.3) is 0 Å². The van der Waals surface area contributed by atoms with Crippen LogP contribution in [0.1, 0.15) is 46.0 Å². The second kappa shape index (κ2) is 6.88. The zero-order valence-electron chi connectivity index (χ0n) is 12.3. The normalized spacial score (nSPS) is 32.0. The lowest BCUT2D eigenvalue weighted by atomic mass is 9.90. The predicted molar refractivity (Wildman–Crippen MR) is 75.9 cm³/mol. The standard InChI is InChI=1S/C15H30N2O/c1-12(2)15(11-18-3)17-10-5-4-8-14(17)13-7-6-9-16-13/h12-16H,4-11H2,1-3H3. The van der Waals surface area contributed by atoms with Crippen molar-refractivity contribution in [2.45, 2.75) is 64.1 Å². The average molecular weight is 254 g/mol. The maximum atomic E-state index is 5.47. The van der Waals surface area contributed by atoms with Crippen LogP contribution >= 0.6 is 0 Å². The Morgan fingerprint density at radius 3 is 2.67 bits per heavy atom. The monoisotopic (exact) mass is 254 g/mol. The van der Waals surface area contributed by atoms with Crippen LogP contribution in [-0.2, 0) is 4.74 Å². The Morgan fingerprint density at radius 1 is 1.22 bits per heavy atom. The molecule has 0 aromatic rings. The molecule has 3 nitrogen and oxygen atoms in total. The van der Waals surface area contributed by atoms with E-state index in [0.29, 0.717) is 12.0 Å². The smallest absolute Gasteiger partial charge is 0.0620 e. The summed E-state index contributed by atoms with van der Waals surface area (Å²) in [5.41, 5.74) is 0. The second-order valence-corrected chi connectivity index (χ2v) is 6.27. The molecule has 2 rings (SSSR count). The van der Waals surface area contributed by atoms with E-state index in [0.717, 1.165) is 18.7 Å². The zero-order valence-corrected chi connectivity index (χ0v) is 12.3. The summed E-state index contributed by atoms with van der Waals surface area (Å²) in [6, 6.07) is 2.05. The van der Waals surface area contributed by atoms with E-state index >= 15 is 0 Å². The van der Waals surface area contributed by atoms with Gasteiger partial charge in [0.1, 0.15) is 0 Å². The molecule has 1 N–H and O–H groups in total. The number of likely N-dealkylation sites (tertiary alicyclic amines) is 1. The molecule has 0 radical (unpaired) electrons. The van der Waals surface area contributed by atoms with Gasteiger partial charge in [-0.25, -0.2) is 0 Å². The Hall–Kier alpha value is -0.120. The summed E-state index contributed by atoms with van der Waals surface area (Å²) in [6.07, 6.45) is 6.84. The fourth-order valence-electron chi connectivity index (χ4n) is 3.71. The van der Waals surface area contributed by atoms with Gasteiger partial charge < -0.3 is 10.1 Å². The fraction of sp³-hybridized carbons (Fsp3) is 1.00. The van der Waals surface area contributed by atoms with Crippen molar-refractivity contribution in [1.82, 2.24) is 10.2 Å². The van der Waals surface area contributed by atoms with Gasteiger partial charge in [-0.3, -0.25) is 4.90 Å². The van der Waals surface area contributed by atoms with Crippen LogP contribution in [0.3, 0.4) is 0 Å². The van der Waals surface area contributed by atoms with E-state index in [4.69, 9.17) is 4.74 Å². The summed E-state index contributed by atoms with van der Waals surface area (Å²) in [5.74, 6) is 0.673. The Labute approximate surface area is 112 Å². The zero-order chi connectivity index (χ0) is 13.0. The molecule has 2 fully saturated rings. The van der Waals surface area contributed by atoms with E-state index in [1.807, 2.05) is 7.11 Å². The molecule has 0 amide bonds. The van der Waals surface area contributed by atoms with Crippen LogP contribution in [0.5, 0.6) is 0 Å². The molecule has 2 aliphatic heterocycles. The summed E-state index contributed by atoms with van der Waals surface area (Å²) in [7, 11) is 1.84. The summed E-state index contributed by atoms with van der Waals surface area (Å²) in [5, 5.41) is 3.71. The third-order valence-electron chi connectivity index (χ3n) is 4.69. The minimum absolute atomic E-state index is 0.586. The maximum absolute atomic E-state index is 5.47. The highest BCUT2D eigenvalue weighted by Gasteiger charge is 2.36. The van der Waals surface area contributed by atoms with Gasteiger partial charge in [-0.2, -0.15) is 0 Å². The number of nitrogens with zero attached hydrogens (tertiary/aromatic N) is 1. The van der Waals surface area contributed by atoms with Gasteiger partial charge in [-0.15, -0.1) is 0 Å². The molecule has 0 aromatic carbocycles. The van der Waals surface area contributed by atoms with E-state index in [2.05, 4.69) is 24.1 Å². The van der Waals surface area contributed by atoms with Gasteiger partial charge in [0.25, 0.3) is 0 Å². The van der Waals surface area contributed by atoms with Gasteiger partial charge in [0, 0.05) is 25.2 Å². The minimum atomic E-state index is 0.586. The molecule has 3 atom stereocenters. The summed E-state index contributed by atoms with van der Waals surface area (Å²) >= 11 is 0. The molecule has 2 heterocycles. The number of rotatable bonds is 5. The van der Waals surface area contributed by atoms with Crippen LogP contribution in [0, 0.1) is 5.92 Å². The van der Waals surface area contributed by atoms with Gasteiger partial charge in [-0.1, -0.05) is 20.3 Å². The van der Waals surface area contributed by atoms with Crippen molar-refractivity contribution in [3.05, 3.63) is 0 Å². The molecular weight excluding hydrogens is 224 g/mol. The Morgan fingerprint density at radius 2 is 2.06 bits per heavy atom. The first-order chi connectivity index (χ1) is 8.74. The predicted octanol–water partition coefficient (Wildman–Crippen LogP) is 2.26. The lowest BCUT2D eigenvalue weighted by molar-refractivity contribution is 0.00758. The topological polar surface area (TPSA) is 24.5 Å². The van der Waals surface area contributed by atoms with Crippen LogP contribution in [0.4, 0.5) is 0 Å². The summed E-state index contributed by atoms with van der Waals surface area (Å²) < 4.78 is 5.47. The van der Waals surface area contributed by atoms with Crippen molar-refractivity contribution in [2.75, 3.05) is 26.8 Å². The van der Waals surface area contributed by atoms with Gasteiger partial charge in [-0.05, 0) is 44.7 Å². The molecule has 0 saturated carbocycles. The fourth-order valence-corrected chi connectivity index (χ4v) is 3.71. The Bertz CT molecular complexity index is 239. The Balaban J connectivity index is 2.04. The van der Waals surface area contributed by atoms with Crippen molar-refractivity contribution >= 4 is 0 Å². The number of nitrogens with one attached hydrogen (secondary N) is 1. The third-order valence-corrected chi connectivity index (χ3v) is 4.69. The van der Waals surface area contributed by atoms with Crippen molar-refractivity contribution in [3.63, 3.8) is 0 Å². The van der Waals surface area contributed by atoms with Gasteiger partial charge in [0.05, 0.1) is 6.61 Å². The first-order valence-corrected chi connectivity index (χ1v) is 7.72. The number of methoxy groups -OCH3 is 1. The highest BCUT2D eigenvalue weighted by atomic mass is 16.5. The molecule has 2 aliphatic rings. The van der Waals surface area contributed by atoms with Crippen molar-refractivity contribution in [2.24, 2.45) is 5.92 Å². The van der Waals surface area contributed by atoms with Gasteiger partial charge >= 0.3 is 0 Å². The average Bonchev–Trinajstić information content (AvgIpc) is 2.89. The van der Waals surface area contributed by atoms with E-state index < -0.39 is 0 Å². The van der Waals surface area contributed by atoms with E-state index in [9.17, 15) is 0 Å². The molecule has 3 unspecified atom stereocenters. The van der Waals surface area contributed by atoms with Crippen LogP contribution in [0.2, 0.25) is 0 Å². The number of hydrogen-bond donors (Lipinski definition) is 1. The molecule has 18 heavy (non-hydrogen) atoms. The first kappa shape index (κ1) is 14.3. The SMILES string of the molecule is COCC(C(C)C)N1CCCCC1C1CCCN1. The van der Waals surface area contributed by atoms with Crippen LogP contribution in [-0.4, -0.2) is 49.8 Å². The molecule has 0 aliphatic carbocycles. The van der Waals surface area contributed by atoms with Crippen molar-refractivity contribution < 1.29 is 4.74 Å². The molecule has 2 saturated heterocycles. The molecule has 0 spiro atoms. The highest BCUT2D eigenvalue weighted by molar-refractivity contribution is 4.93. The number of ether oxygens (including phenoxy) is 1. The lowest BCUT2D eigenvalue weighted by Crippen LogP contribution is -2.56. The Kier molecular flexibility index (Phi) is 5.46. The maximum Gasteiger partial charge on any atom is 0.0620 e. The quantitative estimate of drug-likeness (QED) is 0.814.